The first-order valence-corrected chi connectivity index (χ1v) is 11.9. The molecule has 2 aromatic carbocycles. The van der Waals surface area contributed by atoms with E-state index in [1.807, 2.05) is 19.9 Å². The number of amides is 3. The summed E-state index contributed by atoms with van der Waals surface area (Å²) < 4.78 is 0. The van der Waals surface area contributed by atoms with Gasteiger partial charge in [-0.15, -0.1) is 0 Å². The molecule has 35 heavy (non-hydrogen) atoms. The number of hydrogen-bond donors (Lipinski definition) is 5. The van der Waals surface area contributed by atoms with Gasteiger partial charge in [0.25, 0.3) is 5.91 Å². The lowest BCUT2D eigenvalue weighted by atomic mass is 9.98. The summed E-state index contributed by atoms with van der Waals surface area (Å²) in [7, 11) is 0. The third-order valence-electron chi connectivity index (χ3n) is 6.18. The van der Waals surface area contributed by atoms with Gasteiger partial charge in [-0.05, 0) is 60.6 Å². The predicted octanol–water partition coefficient (Wildman–Crippen LogP) is 4.21. The normalized spacial score (nSPS) is 12.5. The topological polar surface area (TPSA) is 139 Å². The number of benzene rings is 2. The standard InChI is InChI=1S/C26H33N3O6/c1-16(2)19-14-20(23(31)15-22(19)30)26(34)29-12-11-17-13-18(9-10-21(17)29)27-24(32)7-5-3-4-6-8-25(33)28-35/h9-10,13-16,30-31,35H,3-8,11-12H2,1-2H3,(H,27,32)(H,28,33). The molecule has 3 amide bonds. The van der Waals surface area contributed by atoms with Gasteiger partial charge >= 0.3 is 0 Å². The van der Waals surface area contributed by atoms with E-state index in [1.165, 1.54) is 6.07 Å². The number of fused-ring (bicyclic) bond motifs is 1. The number of unbranched alkanes of at least 4 members (excludes halogenated alkanes) is 3. The second-order valence-electron chi connectivity index (χ2n) is 9.13. The van der Waals surface area contributed by atoms with Gasteiger partial charge in [-0.25, -0.2) is 5.48 Å². The Morgan fingerprint density at radius 1 is 0.943 bits per heavy atom. The van der Waals surface area contributed by atoms with Crippen molar-refractivity contribution in [1.82, 2.24) is 5.48 Å². The van der Waals surface area contributed by atoms with Crippen LogP contribution in [0, 0.1) is 0 Å². The second-order valence-corrected chi connectivity index (χ2v) is 9.13. The zero-order valence-corrected chi connectivity index (χ0v) is 20.1. The van der Waals surface area contributed by atoms with Gasteiger partial charge in [-0.3, -0.25) is 19.6 Å². The SMILES string of the molecule is CC(C)c1cc(C(=O)N2CCc3cc(NC(=O)CCCCCCC(=O)NO)ccc32)c(O)cc1O. The van der Waals surface area contributed by atoms with E-state index in [0.29, 0.717) is 43.5 Å². The summed E-state index contributed by atoms with van der Waals surface area (Å²) in [6.07, 6.45) is 4.24. The minimum Gasteiger partial charge on any atom is -0.508 e. The minimum atomic E-state index is -0.403. The first-order chi connectivity index (χ1) is 16.7. The van der Waals surface area contributed by atoms with E-state index in [0.717, 1.165) is 24.1 Å². The van der Waals surface area contributed by atoms with E-state index in [1.54, 1.807) is 28.6 Å². The molecule has 188 valence electrons. The first kappa shape index (κ1) is 26.0. The molecule has 9 heteroatoms. The number of aromatic hydroxyl groups is 2. The van der Waals surface area contributed by atoms with Crippen molar-refractivity contribution in [3.63, 3.8) is 0 Å². The quantitative estimate of drug-likeness (QED) is 0.195. The molecule has 0 bridgehead atoms. The zero-order valence-electron chi connectivity index (χ0n) is 20.1. The largest absolute Gasteiger partial charge is 0.508 e. The Kier molecular flexibility index (Phi) is 8.70. The molecule has 1 aliphatic heterocycles. The van der Waals surface area contributed by atoms with E-state index in [9.17, 15) is 24.6 Å². The van der Waals surface area contributed by atoms with Crippen molar-refractivity contribution in [2.45, 2.75) is 64.7 Å². The summed E-state index contributed by atoms with van der Waals surface area (Å²) in [6, 6.07) is 8.18. The number of phenolic OH excluding ortho intramolecular Hbond substituents is 2. The van der Waals surface area contributed by atoms with Gasteiger partial charge in [-0.2, -0.15) is 0 Å². The fourth-order valence-corrected chi connectivity index (χ4v) is 4.27. The van der Waals surface area contributed by atoms with Crippen LogP contribution in [0.15, 0.2) is 30.3 Å². The van der Waals surface area contributed by atoms with E-state index in [-0.39, 0.29) is 41.2 Å². The number of rotatable bonds is 10. The number of nitrogens with zero attached hydrogens (tertiary/aromatic N) is 1. The number of hydrogen-bond acceptors (Lipinski definition) is 6. The molecule has 0 radical (unpaired) electrons. The van der Waals surface area contributed by atoms with Crippen molar-refractivity contribution >= 4 is 29.1 Å². The number of anilines is 2. The average Bonchev–Trinajstić information content (AvgIpc) is 3.23. The molecule has 0 aliphatic carbocycles. The van der Waals surface area contributed by atoms with Crippen molar-refractivity contribution in [1.29, 1.82) is 0 Å². The highest BCUT2D eigenvalue weighted by Gasteiger charge is 2.28. The molecule has 0 saturated heterocycles. The Morgan fingerprint density at radius 3 is 2.29 bits per heavy atom. The Labute approximate surface area is 204 Å². The highest BCUT2D eigenvalue weighted by molar-refractivity contribution is 6.09. The van der Waals surface area contributed by atoms with Crippen LogP contribution in [-0.4, -0.2) is 39.7 Å². The van der Waals surface area contributed by atoms with Crippen LogP contribution >= 0.6 is 0 Å². The van der Waals surface area contributed by atoms with Crippen molar-refractivity contribution in [3.8, 4) is 11.5 Å². The fraction of sp³-hybridized carbons (Fsp3) is 0.423. The summed E-state index contributed by atoms with van der Waals surface area (Å²) in [5.74, 6) is -1.14. The molecule has 0 atom stereocenters. The molecule has 0 aromatic heterocycles. The molecular weight excluding hydrogens is 450 g/mol. The number of carbonyl (C=O) groups excluding carboxylic acids is 3. The molecular formula is C26H33N3O6. The second kappa shape index (κ2) is 11.7. The summed E-state index contributed by atoms with van der Waals surface area (Å²) in [5, 5.41) is 31.7. The predicted molar refractivity (Wildman–Crippen MR) is 132 cm³/mol. The lowest BCUT2D eigenvalue weighted by molar-refractivity contribution is -0.129. The van der Waals surface area contributed by atoms with Crippen LogP contribution in [0.5, 0.6) is 11.5 Å². The monoisotopic (exact) mass is 483 g/mol. The van der Waals surface area contributed by atoms with Gasteiger partial charge in [0.2, 0.25) is 11.8 Å². The Balaban J connectivity index is 1.58. The van der Waals surface area contributed by atoms with Gasteiger partial charge in [0, 0.05) is 36.8 Å². The molecule has 5 N–H and O–H groups in total. The first-order valence-electron chi connectivity index (χ1n) is 11.9. The number of carbonyl (C=O) groups is 3. The molecule has 2 aromatic rings. The van der Waals surface area contributed by atoms with E-state index in [4.69, 9.17) is 5.21 Å². The van der Waals surface area contributed by atoms with Crippen LogP contribution in [0.2, 0.25) is 0 Å². The molecule has 0 unspecified atom stereocenters. The zero-order chi connectivity index (χ0) is 25.5. The number of phenols is 2. The van der Waals surface area contributed by atoms with Gasteiger partial charge < -0.3 is 20.4 Å². The highest BCUT2D eigenvalue weighted by atomic mass is 16.5. The molecule has 3 rings (SSSR count). The highest BCUT2D eigenvalue weighted by Crippen LogP contribution is 2.36. The van der Waals surface area contributed by atoms with Gasteiger partial charge in [0.1, 0.15) is 11.5 Å². The van der Waals surface area contributed by atoms with Gasteiger partial charge in [0.05, 0.1) is 5.56 Å². The van der Waals surface area contributed by atoms with Crippen molar-refractivity contribution in [3.05, 3.63) is 47.0 Å². The van der Waals surface area contributed by atoms with Crippen molar-refractivity contribution in [2.75, 3.05) is 16.8 Å². The number of hydroxylamine groups is 1. The van der Waals surface area contributed by atoms with Crippen LogP contribution < -0.4 is 15.7 Å². The summed E-state index contributed by atoms with van der Waals surface area (Å²) in [6.45, 7) is 4.26. The van der Waals surface area contributed by atoms with Crippen LogP contribution in [0.4, 0.5) is 11.4 Å². The fourth-order valence-electron chi connectivity index (χ4n) is 4.27. The van der Waals surface area contributed by atoms with Crippen LogP contribution in [0.3, 0.4) is 0 Å². The Bertz CT molecular complexity index is 1100. The summed E-state index contributed by atoms with van der Waals surface area (Å²) in [4.78, 5) is 38.1. The number of nitrogens with one attached hydrogen (secondary N) is 2. The minimum absolute atomic E-state index is 0.00746. The summed E-state index contributed by atoms with van der Waals surface area (Å²) in [5.41, 5.74) is 4.68. The van der Waals surface area contributed by atoms with E-state index < -0.39 is 5.91 Å². The molecule has 0 spiro atoms. The van der Waals surface area contributed by atoms with E-state index >= 15 is 0 Å². The van der Waals surface area contributed by atoms with Gasteiger partial charge in [0.15, 0.2) is 0 Å². The molecule has 1 aliphatic rings. The lowest BCUT2D eigenvalue weighted by Gasteiger charge is -2.20. The smallest absolute Gasteiger partial charge is 0.262 e. The lowest BCUT2D eigenvalue weighted by Crippen LogP contribution is -2.29. The maximum atomic E-state index is 13.2. The van der Waals surface area contributed by atoms with Crippen molar-refractivity contribution in [2.24, 2.45) is 0 Å². The third kappa shape index (κ3) is 6.51. The maximum Gasteiger partial charge on any atom is 0.262 e. The maximum absolute atomic E-state index is 13.2. The van der Waals surface area contributed by atoms with Crippen LogP contribution in [0.1, 0.15) is 79.8 Å². The molecule has 1 heterocycles. The average molecular weight is 484 g/mol. The molecule has 9 nitrogen and oxygen atoms in total. The van der Waals surface area contributed by atoms with Crippen LogP contribution in [-0.2, 0) is 16.0 Å². The van der Waals surface area contributed by atoms with Crippen molar-refractivity contribution < 1.29 is 29.8 Å². The Hall–Kier alpha value is -3.59. The summed E-state index contributed by atoms with van der Waals surface area (Å²) >= 11 is 0. The Morgan fingerprint density at radius 2 is 1.63 bits per heavy atom. The van der Waals surface area contributed by atoms with Crippen LogP contribution in [0.25, 0.3) is 0 Å². The molecule has 0 fully saturated rings. The van der Waals surface area contributed by atoms with E-state index in [2.05, 4.69) is 5.32 Å². The third-order valence-corrected chi connectivity index (χ3v) is 6.18. The van der Waals surface area contributed by atoms with Gasteiger partial charge in [-0.1, -0.05) is 26.7 Å². The molecule has 0 saturated carbocycles.